The molecule has 0 radical (unpaired) electrons. The maximum atomic E-state index is 10.0. The van der Waals surface area contributed by atoms with Crippen molar-refractivity contribution >= 4 is 13.1 Å². The molecule has 0 saturated carbocycles. The Balaban J connectivity index is 2.72. The lowest BCUT2D eigenvalue weighted by Gasteiger charge is -1.93. The van der Waals surface area contributed by atoms with Gasteiger partial charge in [0.2, 0.25) is 0 Å². The molecular formula is C9H9BN2O2. The van der Waals surface area contributed by atoms with Gasteiger partial charge in [0.15, 0.2) is 0 Å². The third-order valence-electron chi connectivity index (χ3n) is 1.75. The molecule has 0 aromatic heterocycles. The minimum Gasteiger partial charge on any atom is -0.164 e. The van der Waals surface area contributed by atoms with Crippen molar-refractivity contribution in [1.29, 1.82) is 0 Å². The first-order valence-corrected chi connectivity index (χ1v) is 4.16. The van der Waals surface area contributed by atoms with Gasteiger partial charge in [-0.3, -0.25) is 0 Å². The van der Waals surface area contributed by atoms with E-state index in [0.29, 0.717) is 0 Å². The SMILES string of the molecule is Cc1ccc(/C=C/B(N=O)N=O)cc1. The average Bonchev–Trinajstić information content (AvgIpc) is 2.22. The summed E-state index contributed by atoms with van der Waals surface area (Å²) < 4.78 is 0. The van der Waals surface area contributed by atoms with Gasteiger partial charge in [0.25, 0.3) is 0 Å². The Morgan fingerprint density at radius 1 is 1.14 bits per heavy atom. The van der Waals surface area contributed by atoms with Gasteiger partial charge in [-0.25, -0.2) is 0 Å². The van der Waals surface area contributed by atoms with Crippen molar-refractivity contribution in [2.24, 2.45) is 10.2 Å². The zero-order chi connectivity index (χ0) is 10.4. The summed E-state index contributed by atoms with van der Waals surface area (Å²) in [5.41, 5.74) is 2.06. The predicted octanol–water partition coefficient (Wildman–Crippen LogP) is 2.57. The number of nitroso groups, excluding NO2 is 2. The maximum Gasteiger partial charge on any atom is 0.541 e. The molecule has 0 bridgehead atoms. The van der Waals surface area contributed by atoms with Crippen LogP contribution < -0.4 is 0 Å². The zero-order valence-electron chi connectivity index (χ0n) is 7.75. The van der Waals surface area contributed by atoms with Gasteiger partial charge >= 0.3 is 6.98 Å². The van der Waals surface area contributed by atoms with Crippen LogP contribution in [0.5, 0.6) is 0 Å². The Bertz CT molecular complexity index is 340. The van der Waals surface area contributed by atoms with Crippen molar-refractivity contribution in [2.75, 3.05) is 0 Å². The fourth-order valence-corrected chi connectivity index (χ4v) is 0.964. The van der Waals surface area contributed by atoms with E-state index in [4.69, 9.17) is 0 Å². The summed E-state index contributed by atoms with van der Waals surface area (Å²) in [5, 5.41) is 5.05. The standard InChI is InChI=1S/C9H9BN2O2/c1-8-2-4-9(5-3-8)6-7-10(11-13)12-14/h2-7H,1H3/b7-6+. The van der Waals surface area contributed by atoms with Crippen LogP contribution in [0.15, 0.2) is 40.4 Å². The van der Waals surface area contributed by atoms with Gasteiger partial charge in [0.05, 0.1) is 0 Å². The Morgan fingerprint density at radius 2 is 1.71 bits per heavy atom. The number of benzene rings is 1. The molecule has 0 unspecified atom stereocenters. The molecule has 1 aromatic carbocycles. The number of nitrogens with zero attached hydrogens (tertiary/aromatic N) is 2. The molecule has 5 heteroatoms. The second-order valence-electron chi connectivity index (χ2n) is 2.89. The summed E-state index contributed by atoms with van der Waals surface area (Å²) in [6.07, 6.45) is 1.65. The molecule has 0 amide bonds. The quantitative estimate of drug-likeness (QED) is 0.538. The van der Waals surface area contributed by atoms with E-state index in [1.807, 2.05) is 31.2 Å². The van der Waals surface area contributed by atoms with Gasteiger partial charge in [0.1, 0.15) is 0 Å². The third-order valence-corrected chi connectivity index (χ3v) is 1.75. The normalized spacial score (nSPS) is 10.1. The number of aryl methyl sites for hydroxylation is 1. The molecule has 0 fully saturated rings. The Kier molecular flexibility index (Phi) is 3.73. The van der Waals surface area contributed by atoms with Crippen molar-refractivity contribution in [1.82, 2.24) is 0 Å². The fraction of sp³-hybridized carbons (Fsp3) is 0.111. The maximum absolute atomic E-state index is 10.0. The summed E-state index contributed by atoms with van der Waals surface area (Å²) >= 11 is 0. The van der Waals surface area contributed by atoms with Crippen molar-refractivity contribution in [3.8, 4) is 0 Å². The van der Waals surface area contributed by atoms with E-state index in [1.165, 1.54) is 5.98 Å². The third kappa shape index (κ3) is 2.93. The summed E-state index contributed by atoms with van der Waals surface area (Å²) in [6.45, 7) is 0.854. The van der Waals surface area contributed by atoms with Crippen molar-refractivity contribution in [3.05, 3.63) is 51.2 Å². The smallest absolute Gasteiger partial charge is 0.164 e. The largest absolute Gasteiger partial charge is 0.541 e. The number of rotatable bonds is 4. The van der Waals surface area contributed by atoms with Crippen LogP contribution >= 0.6 is 0 Å². The van der Waals surface area contributed by atoms with E-state index >= 15 is 0 Å². The van der Waals surface area contributed by atoms with Crippen LogP contribution in [0.1, 0.15) is 11.1 Å². The van der Waals surface area contributed by atoms with Gasteiger partial charge in [-0.15, -0.1) is 0 Å². The van der Waals surface area contributed by atoms with Crippen LogP contribution in [-0.4, -0.2) is 6.98 Å². The van der Waals surface area contributed by atoms with Crippen LogP contribution in [0.4, 0.5) is 0 Å². The second-order valence-corrected chi connectivity index (χ2v) is 2.89. The second kappa shape index (κ2) is 5.06. The average molecular weight is 188 g/mol. The molecule has 0 saturated heterocycles. The molecular weight excluding hydrogens is 179 g/mol. The van der Waals surface area contributed by atoms with Crippen LogP contribution in [0.2, 0.25) is 0 Å². The summed E-state index contributed by atoms with van der Waals surface area (Å²) in [6, 6.07) is 7.66. The zero-order valence-corrected chi connectivity index (χ0v) is 7.75. The van der Waals surface area contributed by atoms with Crippen molar-refractivity contribution in [3.63, 3.8) is 0 Å². The lowest BCUT2D eigenvalue weighted by molar-refractivity contribution is 1.46. The van der Waals surface area contributed by atoms with E-state index in [-0.39, 0.29) is 0 Å². The molecule has 1 rings (SSSR count). The van der Waals surface area contributed by atoms with Crippen LogP contribution in [0.25, 0.3) is 6.08 Å². The molecule has 0 spiro atoms. The molecule has 70 valence electrons. The molecule has 0 atom stereocenters. The van der Waals surface area contributed by atoms with Crippen LogP contribution in [0.3, 0.4) is 0 Å². The minimum atomic E-state index is -1.13. The first kappa shape index (κ1) is 10.3. The number of hydrogen-bond acceptors (Lipinski definition) is 4. The van der Waals surface area contributed by atoms with Gasteiger partial charge in [-0.05, 0) is 12.5 Å². The molecule has 0 N–H and O–H groups in total. The molecule has 0 aliphatic carbocycles. The summed E-state index contributed by atoms with van der Waals surface area (Å²) in [5.74, 6) is 1.37. The molecule has 0 aliphatic heterocycles. The highest BCUT2D eigenvalue weighted by atomic mass is 16.3. The molecule has 4 nitrogen and oxygen atoms in total. The molecule has 0 heterocycles. The summed E-state index contributed by atoms with van der Waals surface area (Å²) in [4.78, 5) is 20.0. The van der Waals surface area contributed by atoms with Gasteiger partial charge in [-0.1, -0.05) is 52.1 Å². The van der Waals surface area contributed by atoms with Crippen molar-refractivity contribution < 1.29 is 0 Å². The first-order valence-electron chi connectivity index (χ1n) is 4.16. The van der Waals surface area contributed by atoms with Crippen LogP contribution in [0, 0.1) is 16.7 Å². The highest BCUT2D eigenvalue weighted by molar-refractivity contribution is 6.61. The van der Waals surface area contributed by atoms with E-state index in [0.717, 1.165) is 11.1 Å². The lowest BCUT2D eigenvalue weighted by atomic mass is 9.80. The highest BCUT2D eigenvalue weighted by Gasteiger charge is 2.11. The van der Waals surface area contributed by atoms with Gasteiger partial charge < -0.3 is 0 Å². The minimum absolute atomic E-state index is 0.910. The summed E-state index contributed by atoms with van der Waals surface area (Å²) in [7, 11) is 0. The van der Waals surface area contributed by atoms with Crippen molar-refractivity contribution in [2.45, 2.75) is 6.92 Å². The van der Waals surface area contributed by atoms with Gasteiger partial charge in [-0.2, -0.15) is 9.81 Å². The van der Waals surface area contributed by atoms with E-state index in [2.05, 4.69) is 10.2 Å². The van der Waals surface area contributed by atoms with E-state index in [1.54, 1.807) is 6.08 Å². The highest BCUT2D eigenvalue weighted by Crippen LogP contribution is 2.05. The fourth-order valence-electron chi connectivity index (χ4n) is 0.964. The molecule has 1 aromatic rings. The Morgan fingerprint density at radius 3 is 2.21 bits per heavy atom. The topological polar surface area (TPSA) is 58.9 Å². The number of hydrogen-bond donors (Lipinski definition) is 0. The van der Waals surface area contributed by atoms with Gasteiger partial charge in [0, 0.05) is 0 Å². The molecule has 14 heavy (non-hydrogen) atoms. The Hall–Kier alpha value is -1.78. The monoisotopic (exact) mass is 188 g/mol. The first-order chi connectivity index (χ1) is 6.76. The van der Waals surface area contributed by atoms with E-state index < -0.39 is 6.98 Å². The predicted molar refractivity (Wildman–Crippen MR) is 57.6 cm³/mol. The lowest BCUT2D eigenvalue weighted by Crippen LogP contribution is -1.98. The van der Waals surface area contributed by atoms with E-state index in [9.17, 15) is 9.81 Å². The molecule has 0 aliphatic rings. The van der Waals surface area contributed by atoms with Crippen LogP contribution in [-0.2, 0) is 0 Å². The Labute approximate surface area is 82.1 Å².